The van der Waals surface area contributed by atoms with Crippen molar-refractivity contribution in [1.82, 2.24) is 5.32 Å². The largest absolute Gasteiger partial charge is 0.491 e. The molecule has 4 aromatic carbocycles. The molecule has 47 heavy (non-hydrogen) atoms. The van der Waals surface area contributed by atoms with Crippen LogP contribution in [0.25, 0.3) is 22.3 Å². The number of nitrogens with one attached hydrogen (secondary N) is 1. The predicted molar refractivity (Wildman–Crippen MR) is 172 cm³/mol. The van der Waals surface area contributed by atoms with Crippen molar-refractivity contribution < 1.29 is 35.9 Å². The zero-order chi connectivity index (χ0) is 33.9. The molecule has 0 fully saturated rings. The molecular weight excluding hydrogens is 618 g/mol. The Balaban J connectivity index is 1.55. The van der Waals surface area contributed by atoms with Crippen LogP contribution in [0.3, 0.4) is 0 Å². The van der Waals surface area contributed by atoms with Crippen LogP contribution in [0.4, 0.5) is 26.3 Å². The maximum atomic E-state index is 13.6. The van der Waals surface area contributed by atoms with Crippen LogP contribution in [-0.2, 0) is 18.8 Å². The Kier molecular flexibility index (Phi) is 12.5. The topological polar surface area (TPSA) is 64.3 Å². The number of halogens is 6. The number of nitrogens with two attached hydrogens (primary N) is 1. The van der Waals surface area contributed by atoms with Crippen molar-refractivity contribution in [2.75, 3.05) is 19.7 Å². The first-order valence-electron chi connectivity index (χ1n) is 15.7. The maximum absolute atomic E-state index is 13.6. The summed E-state index contributed by atoms with van der Waals surface area (Å²) in [6, 6.07) is 22.1. The third-order valence-electron chi connectivity index (χ3n) is 7.74. The van der Waals surface area contributed by atoms with Crippen LogP contribution in [0.5, 0.6) is 5.75 Å². The van der Waals surface area contributed by atoms with E-state index in [9.17, 15) is 31.1 Å². The molecule has 0 atom stereocenters. The first-order chi connectivity index (χ1) is 22.5. The van der Waals surface area contributed by atoms with Gasteiger partial charge in [0.15, 0.2) is 0 Å². The summed E-state index contributed by atoms with van der Waals surface area (Å²) < 4.78 is 87.7. The van der Waals surface area contributed by atoms with Gasteiger partial charge in [0.05, 0.1) is 11.1 Å². The van der Waals surface area contributed by atoms with E-state index in [1.165, 1.54) is 42.0 Å². The van der Waals surface area contributed by atoms with Crippen molar-refractivity contribution in [3.63, 3.8) is 0 Å². The summed E-state index contributed by atoms with van der Waals surface area (Å²) in [6.45, 7) is 0.348. The first kappa shape index (κ1) is 35.5. The van der Waals surface area contributed by atoms with E-state index in [4.69, 9.17) is 10.5 Å². The molecule has 4 rings (SSSR count). The van der Waals surface area contributed by atoms with Gasteiger partial charge in [-0.3, -0.25) is 4.79 Å². The van der Waals surface area contributed by atoms with Crippen LogP contribution in [0.1, 0.15) is 65.6 Å². The second-order valence-electron chi connectivity index (χ2n) is 11.3. The number of rotatable bonds is 15. The standard InChI is InChI=1S/C37H38F6N2O2/c38-36(39,40)30-17-10-15-27(22-30)32-24-29(35(46)45-20-9-4-2-1-3-6-12-26-13-7-5-8-14-26)25-33(34(32)47-21-19-44)28-16-11-18-31(23-28)37(41,42)43/h5,7-8,10-11,13-18,22-25H,1-4,6,9,12,19-21,44H2,(H,45,46). The van der Waals surface area contributed by atoms with Crippen molar-refractivity contribution >= 4 is 5.91 Å². The quantitative estimate of drug-likeness (QED) is 0.0990. The van der Waals surface area contributed by atoms with Crippen molar-refractivity contribution in [1.29, 1.82) is 0 Å². The molecule has 0 aliphatic heterocycles. The number of carbonyl (C=O) groups excluding carboxylic acids is 1. The Morgan fingerprint density at radius 1 is 0.660 bits per heavy atom. The van der Waals surface area contributed by atoms with E-state index in [-0.39, 0.29) is 46.7 Å². The predicted octanol–water partition coefficient (Wildman–Crippen LogP) is 9.71. The van der Waals surface area contributed by atoms with E-state index in [0.29, 0.717) is 6.54 Å². The number of amides is 1. The molecular formula is C37H38F6N2O2. The number of hydrogen-bond donors (Lipinski definition) is 2. The third kappa shape index (κ3) is 10.3. The SMILES string of the molecule is NCCOc1c(-c2cccc(C(F)(F)F)c2)cc(C(=O)NCCCCCCCCc2ccccc2)cc1-c1cccc(C(F)(F)F)c1. The Hall–Kier alpha value is -4.31. The fourth-order valence-corrected chi connectivity index (χ4v) is 5.34. The van der Waals surface area contributed by atoms with Crippen LogP contribution in [0.2, 0.25) is 0 Å². The molecule has 0 aliphatic rings. The smallest absolute Gasteiger partial charge is 0.416 e. The molecule has 0 aliphatic carbocycles. The van der Waals surface area contributed by atoms with E-state index < -0.39 is 29.4 Å². The summed E-state index contributed by atoms with van der Waals surface area (Å²) in [5.41, 5.74) is 5.62. The Morgan fingerprint density at radius 3 is 1.72 bits per heavy atom. The second-order valence-corrected chi connectivity index (χ2v) is 11.3. The van der Waals surface area contributed by atoms with E-state index >= 15 is 0 Å². The average Bonchev–Trinajstić information content (AvgIpc) is 3.06. The monoisotopic (exact) mass is 656 g/mol. The van der Waals surface area contributed by atoms with Gasteiger partial charge in [-0.1, -0.05) is 80.3 Å². The van der Waals surface area contributed by atoms with Crippen LogP contribution in [0.15, 0.2) is 91.0 Å². The second kappa shape index (κ2) is 16.5. The fourth-order valence-electron chi connectivity index (χ4n) is 5.34. The highest BCUT2D eigenvalue weighted by atomic mass is 19.4. The van der Waals surface area contributed by atoms with Gasteiger partial charge in [-0.2, -0.15) is 26.3 Å². The number of carbonyl (C=O) groups is 1. The highest BCUT2D eigenvalue weighted by molar-refractivity contribution is 5.99. The van der Waals surface area contributed by atoms with Gasteiger partial charge >= 0.3 is 12.4 Å². The Bertz CT molecular complexity index is 1520. The first-order valence-corrected chi connectivity index (χ1v) is 15.7. The molecule has 0 unspecified atom stereocenters. The van der Waals surface area contributed by atoms with Crippen molar-refractivity contribution in [3.8, 4) is 28.0 Å². The fraction of sp³-hybridized carbons (Fsp3) is 0.324. The number of hydrogen-bond acceptors (Lipinski definition) is 3. The molecule has 0 bridgehead atoms. The zero-order valence-corrected chi connectivity index (χ0v) is 25.9. The highest BCUT2D eigenvalue weighted by Gasteiger charge is 2.32. The van der Waals surface area contributed by atoms with Gasteiger partial charge in [-0.05, 0) is 72.4 Å². The minimum atomic E-state index is -4.64. The maximum Gasteiger partial charge on any atom is 0.416 e. The van der Waals surface area contributed by atoms with Gasteiger partial charge in [-0.25, -0.2) is 0 Å². The lowest BCUT2D eigenvalue weighted by molar-refractivity contribution is -0.138. The van der Waals surface area contributed by atoms with Gasteiger partial charge in [0.1, 0.15) is 12.4 Å². The molecule has 10 heteroatoms. The summed E-state index contributed by atoms with van der Waals surface area (Å²) in [7, 11) is 0. The summed E-state index contributed by atoms with van der Waals surface area (Å²) in [5, 5.41) is 2.85. The number of alkyl halides is 6. The van der Waals surface area contributed by atoms with E-state index in [1.54, 1.807) is 0 Å². The van der Waals surface area contributed by atoms with Crippen LogP contribution >= 0.6 is 0 Å². The summed E-state index contributed by atoms with van der Waals surface area (Å²) in [4.78, 5) is 13.4. The number of ether oxygens (including phenoxy) is 1. The lowest BCUT2D eigenvalue weighted by Gasteiger charge is -2.20. The average molecular weight is 657 g/mol. The molecule has 0 radical (unpaired) electrons. The van der Waals surface area contributed by atoms with E-state index in [2.05, 4.69) is 17.4 Å². The summed E-state index contributed by atoms with van der Waals surface area (Å²) in [6.07, 6.45) is -2.32. The van der Waals surface area contributed by atoms with Crippen molar-refractivity contribution in [2.24, 2.45) is 5.73 Å². The molecule has 3 N–H and O–H groups in total. The Labute approximate surface area is 271 Å². The minimum Gasteiger partial charge on any atom is -0.491 e. The van der Waals surface area contributed by atoms with Crippen molar-refractivity contribution in [2.45, 2.75) is 57.3 Å². The Morgan fingerprint density at radius 2 is 1.19 bits per heavy atom. The van der Waals surface area contributed by atoms with Crippen LogP contribution in [0, 0.1) is 0 Å². The lowest BCUT2D eigenvalue weighted by atomic mass is 9.92. The van der Waals surface area contributed by atoms with E-state index in [0.717, 1.165) is 69.2 Å². The number of unbranched alkanes of at least 4 members (excludes halogenated alkanes) is 5. The molecule has 4 aromatic rings. The normalized spacial score (nSPS) is 11.8. The van der Waals surface area contributed by atoms with Gasteiger partial charge < -0.3 is 15.8 Å². The molecule has 0 aromatic heterocycles. The minimum absolute atomic E-state index is 0.0258. The number of aryl methyl sites for hydroxylation is 1. The van der Waals surface area contributed by atoms with Gasteiger partial charge in [-0.15, -0.1) is 0 Å². The highest BCUT2D eigenvalue weighted by Crippen LogP contribution is 2.43. The summed E-state index contributed by atoms with van der Waals surface area (Å²) >= 11 is 0. The van der Waals surface area contributed by atoms with Crippen molar-refractivity contribution in [3.05, 3.63) is 113 Å². The van der Waals surface area contributed by atoms with Gasteiger partial charge in [0.25, 0.3) is 5.91 Å². The molecule has 0 saturated carbocycles. The number of benzene rings is 4. The van der Waals surface area contributed by atoms with E-state index in [1.807, 2.05) is 18.2 Å². The zero-order valence-electron chi connectivity index (χ0n) is 25.9. The lowest BCUT2D eigenvalue weighted by Crippen LogP contribution is -2.24. The molecule has 0 saturated heterocycles. The molecule has 0 spiro atoms. The molecule has 4 nitrogen and oxygen atoms in total. The molecule has 250 valence electrons. The van der Waals surface area contributed by atoms with Crippen LogP contribution < -0.4 is 15.8 Å². The van der Waals surface area contributed by atoms with Crippen LogP contribution in [-0.4, -0.2) is 25.6 Å². The third-order valence-corrected chi connectivity index (χ3v) is 7.74. The van der Waals surface area contributed by atoms with Gasteiger partial charge in [0, 0.05) is 29.8 Å². The van der Waals surface area contributed by atoms with Gasteiger partial charge in [0.2, 0.25) is 0 Å². The molecule has 0 heterocycles. The summed E-state index contributed by atoms with van der Waals surface area (Å²) in [5.74, 6) is -0.474. The molecule has 1 amide bonds.